The molecular formula is C15H30N2O. The van der Waals surface area contributed by atoms with Crippen molar-refractivity contribution >= 4 is 0 Å². The predicted molar refractivity (Wildman–Crippen MR) is 75.9 cm³/mol. The van der Waals surface area contributed by atoms with Crippen LogP contribution >= 0.6 is 0 Å². The Bertz CT molecular complexity index is 249. The molecule has 106 valence electrons. The fourth-order valence-corrected chi connectivity index (χ4v) is 3.37. The summed E-state index contributed by atoms with van der Waals surface area (Å²) in [6.45, 7) is 12.3. The highest BCUT2D eigenvalue weighted by Gasteiger charge is 2.32. The maximum atomic E-state index is 5.40. The summed E-state index contributed by atoms with van der Waals surface area (Å²) in [6, 6.07) is 1.28. The number of morpholine rings is 1. The molecule has 2 unspecified atom stereocenters. The number of nitrogens with one attached hydrogen (secondary N) is 1. The first kappa shape index (κ1) is 14.3. The number of nitrogens with zero attached hydrogens (tertiary/aromatic N) is 1. The SMILES string of the molecule is CC(CN1CCOCC1)NC1CCCCC1(C)C. The van der Waals surface area contributed by atoms with E-state index in [-0.39, 0.29) is 0 Å². The normalized spacial score (nSPS) is 31.2. The molecule has 0 amide bonds. The van der Waals surface area contributed by atoms with Gasteiger partial charge >= 0.3 is 0 Å². The van der Waals surface area contributed by atoms with E-state index in [9.17, 15) is 0 Å². The molecule has 0 aromatic heterocycles. The van der Waals surface area contributed by atoms with Crippen LogP contribution in [0, 0.1) is 5.41 Å². The van der Waals surface area contributed by atoms with Crippen molar-refractivity contribution in [3.05, 3.63) is 0 Å². The van der Waals surface area contributed by atoms with Gasteiger partial charge in [0.05, 0.1) is 13.2 Å². The minimum Gasteiger partial charge on any atom is -0.379 e. The van der Waals surface area contributed by atoms with Gasteiger partial charge in [0.1, 0.15) is 0 Å². The zero-order valence-corrected chi connectivity index (χ0v) is 12.4. The molecule has 1 heterocycles. The number of rotatable bonds is 4. The zero-order chi connectivity index (χ0) is 13.0. The second kappa shape index (κ2) is 6.36. The highest BCUT2D eigenvalue weighted by Crippen LogP contribution is 2.35. The second-order valence-corrected chi connectivity index (χ2v) is 6.77. The lowest BCUT2D eigenvalue weighted by Crippen LogP contribution is -2.52. The smallest absolute Gasteiger partial charge is 0.0594 e. The number of ether oxygens (including phenoxy) is 1. The van der Waals surface area contributed by atoms with Crippen molar-refractivity contribution in [3.8, 4) is 0 Å². The molecule has 1 saturated heterocycles. The lowest BCUT2D eigenvalue weighted by molar-refractivity contribution is 0.0317. The third-order valence-corrected chi connectivity index (χ3v) is 4.63. The van der Waals surface area contributed by atoms with E-state index in [1.165, 1.54) is 25.7 Å². The molecule has 1 aliphatic carbocycles. The van der Waals surface area contributed by atoms with E-state index in [1.807, 2.05) is 0 Å². The Morgan fingerprint density at radius 1 is 1.28 bits per heavy atom. The lowest BCUT2D eigenvalue weighted by atomic mass is 9.73. The van der Waals surface area contributed by atoms with Gasteiger partial charge in [-0.15, -0.1) is 0 Å². The van der Waals surface area contributed by atoms with Crippen LogP contribution in [0.15, 0.2) is 0 Å². The minimum atomic E-state index is 0.470. The average Bonchev–Trinajstić information content (AvgIpc) is 2.33. The first-order valence-corrected chi connectivity index (χ1v) is 7.64. The van der Waals surface area contributed by atoms with E-state index >= 15 is 0 Å². The Kier molecular flexibility index (Phi) is 5.05. The maximum absolute atomic E-state index is 5.40. The minimum absolute atomic E-state index is 0.470. The third kappa shape index (κ3) is 3.94. The van der Waals surface area contributed by atoms with E-state index in [0.29, 0.717) is 17.5 Å². The fourth-order valence-electron chi connectivity index (χ4n) is 3.37. The van der Waals surface area contributed by atoms with Crippen molar-refractivity contribution in [2.45, 2.75) is 58.5 Å². The van der Waals surface area contributed by atoms with Gasteiger partial charge in [-0.1, -0.05) is 26.7 Å². The maximum Gasteiger partial charge on any atom is 0.0594 e. The summed E-state index contributed by atoms with van der Waals surface area (Å²) in [4.78, 5) is 2.52. The summed E-state index contributed by atoms with van der Waals surface area (Å²) in [6.07, 6.45) is 5.52. The van der Waals surface area contributed by atoms with Gasteiger partial charge < -0.3 is 10.1 Å². The van der Waals surface area contributed by atoms with Gasteiger partial charge in [0.2, 0.25) is 0 Å². The zero-order valence-electron chi connectivity index (χ0n) is 12.4. The summed E-state index contributed by atoms with van der Waals surface area (Å²) >= 11 is 0. The second-order valence-electron chi connectivity index (χ2n) is 6.77. The topological polar surface area (TPSA) is 24.5 Å². The number of hydrogen-bond donors (Lipinski definition) is 1. The predicted octanol–water partition coefficient (Wildman–Crippen LogP) is 2.27. The van der Waals surface area contributed by atoms with Crippen LogP contribution in [0.2, 0.25) is 0 Å². The Balaban J connectivity index is 1.77. The molecule has 1 N–H and O–H groups in total. The van der Waals surface area contributed by atoms with Gasteiger partial charge in [0, 0.05) is 31.7 Å². The van der Waals surface area contributed by atoms with Crippen LogP contribution in [-0.4, -0.2) is 49.8 Å². The summed E-state index contributed by atoms with van der Waals surface area (Å²) in [5.74, 6) is 0. The Labute approximate surface area is 112 Å². The van der Waals surface area contributed by atoms with Crippen LogP contribution < -0.4 is 5.32 Å². The first-order chi connectivity index (χ1) is 8.58. The molecule has 0 aromatic rings. The molecule has 2 atom stereocenters. The van der Waals surface area contributed by atoms with E-state index in [4.69, 9.17) is 4.74 Å². The molecule has 1 saturated carbocycles. The first-order valence-electron chi connectivity index (χ1n) is 7.64. The molecule has 2 aliphatic rings. The Morgan fingerprint density at radius 3 is 2.67 bits per heavy atom. The van der Waals surface area contributed by atoms with Crippen molar-refractivity contribution in [2.24, 2.45) is 5.41 Å². The summed E-state index contributed by atoms with van der Waals surface area (Å²) in [7, 11) is 0. The summed E-state index contributed by atoms with van der Waals surface area (Å²) in [5.41, 5.74) is 0.470. The molecule has 2 rings (SSSR count). The van der Waals surface area contributed by atoms with Gasteiger partial charge in [0.25, 0.3) is 0 Å². The van der Waals surface area contributed by atoms with Crippen LogP contribution in [0.1, 0.15) is 46.5 Å². The standard InChI is InChI=1S/C15H30N2O/c1-13(12-17-8-10-18-11-9-17)16-14-6-4-5-7-15(14,2)3/h13-14,16H,4-12H2,1-3H3. The van der Waals surface area contributed by atoms with Gasteiger partial charge in [-0.3, -0.25) is 4.90 Å². The molecule has 18 heavy (non-hydrogen) atoms. The Morgan fingerprint density at radius 2 is 2.00 bits per heavy atom. The van der Waals surface area contributed by atoms with E-state index < -0.39 is 0 Å². The lowest BCUT2D eigenvalue weighted by Gasteiger charge is -2.41. The molecule has 1 aliphatic heterocycles. The van der Waals surface area contributed by atoms with E-state index in [1.54, 1.807) is 0 Å². The molecule has 0 radical (unpaired) electrons. The fraction of sp³-hybridized carbons (Fsp3) is 1.00. The van der Waals surface area contributed by atoms with Gasteiger partial charge in [0.15, 0.2) is 0 Å². The van der Waals surface area contributed by atoms with Crippen molar-refractivity contribution in [1.29, 1.82) is 0 Å². The molecule has 0 bridgehead atoms. The van der Waals surface area contributed by atoms with Crippen molar-refractivity contribution in [1.82, 2.24) is 10.2 Å². The molecule has 0 spiro atoms. The Hall–Kier alpha value is -0.120. The van der Waals surface area contributed by atoms with Crippen molar-refractivity contribution in [3.63, 3.8) is 0 Å². The van der Waals surface area contributed by atoms with Crippen LogP contribution in [0.4, 0.5) is 0 Å². The van der Waals surface area contributed by atoms with E-state index in [0.717, 1.165) is 32.8 Å². The molecule has 2 fully saturated rings. The van der Waals surface area contributed by atoms with Crippen molar-refractivity contribution < 1.29 is 4.74 Å². The number of hydrogen-bond acceptors (Lipinski definition) is 3. The van der Waals surface area contributed by atoms with E-state index in [2.05, 4.69) is 31.0 Å². The highest BCUT2D eigenvalue weighted by molar-refractivity contribution is 4.89. The molecular weight excluding hydrogens is 224 g/mol. The average molecular weight is 254 g/mol. The summed E-state index contributed by atoms with van der Waals surface area (Å²) in [5, 5.41) is 3.87. The van der Waals surface area contributed by atoms with Gasteiger partial charge in [-0.25, -0.2) is 0 Å². The third-order valence-electron chi connectivity index (χ3n) is 4.63. The molecule has 3 nitrogen and oxygen atoms in total. The van der Waals surface area contributed by atoms with Crippen LogP contribution in [0.3, 0.4) is 0 Å². The quantitative estimate of drug-likeness (QED) is 0.833. The van der Waals surface area contributed by atoms with Gasteiger partial charge in [-0.05, 0) is 25.2 Å². The van der Waals surface area contributed by atoms with Crippen LogP contribution in [0.5, 0.6) is 0 Å². The monoisotopic (exact) mass is 254 g/mol. The van der Waals surface area contributed by atoms with Crippen molar-refractivity contribution in [2.75, 3.05) is 32.8 Å². The van der Waals surface area contributed by atoms with Crippen LogP contribution in [0.25, 0.3) is 0 Å². The van der Waals surface area contributed by atoms with Crippen LogP contribution in [-0.2, 0) is 4.74 Å². The molecule has 3 heteroatoms. The summed E-state index contributed by atoms with van der Waals surface area (Å²) < 4.78 is 5.40. The molecule has 0 aromatic carbocycles. The highest BCUT2D eigenvalue weighted by atomic mass is 16.5. The van der Waals surface area contributed by atoms with Gasteiger partial charge in [-0.2, -0.15) is 0 Å². The largest absolute Gasteiger partial charge is 0.379 e.